The Bertz CT molecular complexity index is 578. The second kappa shape index (κ2) is 6.36. The standard InChI is InChI=1S/C18H27N3O2/c1-12-19-15-6-4-3-5-14(15)18(20-12)21-9-10-23-17-8-7-13(22-2)11-16(17)21/h13,16-17H,3-11H2,1-2H3. The lowest BCUT2D eigenvalue weighted by Crippen LogP contribution is -2.55. The Labute approximate surface area is 138 Å². The maximum atomic E-state index is 6.06. The van der Waals surface area contributed by atoms with E-state index in [1.54, 1.807) is 0 Å². The molecule has 2 heterocycles. The van der Waals surface area contributed by atoms with Gasteiger partial charge in [-0.05, 0) is 51.9 Å². The van der Waals surface area contributed by atoms with Crippen LogP contribution in [-0.4, -0.2) is 48.5 Å². The predicted octanol–water partition coefficient (Wildman–Crippen LogP) is 2.44. The fraction of sp³-hybridized carbons (Fsp3) is 0.778. The van der Waals surface area contributed by atoms with Crippen LogP contribution in [-0.2, 0) is 22.3 Å². The van der Waals surface area contributed by atoms with E-state index in [0.717, 1.165) is 51.1 Å². The van der Waals surface area contributed by atoms with E-state index in [9.17, 15) is 0 Å². The number of hydrogen-bond donors (Lipinski definition) is 0. The highest BCUT2D eigenvalue weighted by molar-refractivity contribution is 5.52. The van der Waals surface area contributed by atoms with Gasteiger partial charge in [0, 0.05) is 24.9 Å². The fourth-order valence-corrected chi connectivity index (χ4v) is 4.48. The van der Waals surface area contributed by atoms with E-state index in [1.165, 1.54) is 29.9 Å². The maximum absolute atomic E-state index is 6.06. The van der Waals surface area contributed by atoms with E-state index in [1.807, 2.05) is 14.0 Å². The smallest absolute Gasteiger partial charge is 0.136 e. The molecule has 1 aromatic rings. The molecule has 1 saturated heterocycles. The predicted molar refractivity (Wildman–Crippen MR) is 88.9 cm³/mol. The van der Waals surface area contributed by atoms with E-state index in [4.69, 9.17) is 19.4 Å². The first-order chi connectivity index (χ1) is 11.3. The Balaban J connectivity index is 1.69. The summed E-state index contributed by atoms with van der Waals surface area (Å²) in [7, 11) is 1.83. The van der Waals surface area contributed by atoms with Crippen LogP contribution in [0.4, 0.5) is 5.82 Å². The van der Waals surface area contributed by atoms with Crippen molar-refractivity contribution < 1.29 is 9.47 Å². The molecule has 1 aliphatic heterocycles. The first-order valence-corrected chi connectivity index (χ1v) is 9.03. The largest absolute Gasteiger partial charge is 0.381 e. The molecule has 0 amide bonds. The number of fused-ring (bicyclic) bond motifs is 2. The van der Waals surface area contributed by atoms with Gasteiger partial charge in [0.15, 0.2) is 0 Å². The Morgan fingerprint density at radius 2 is 2.04 bits per heavy atom. The zero-order valence-electron chi connectivity index (χ0n) is 14.3. The number of rotatable bonds is 2. The van der Waals surface area contributed by atoms with Gasteiger partial charge in [-0.3, -0.25) is 0 Å². The van der Waals surface area contributed by atoms with Gasteiger partial charge >= 0.3 is 0 Å². The lowest BCUT2D eigenvalue weighted by atomic mass is 9.87. The van der Waals surface area contributed by atoms with Gasteiger partial charge in [-0.1, -0.05) is 0 Å². The van der Waals surface area contributed by atoms with E-state index >= 15 is 0 Å². The molecule has 5 heteroatoms. The Hall–Kier alpha value is -1.20. The van der Waals surface area contributed by atoms with Gasteiger partial charge in [-0.25, -0.2) is 9.97 Å². The van der Waals surface area contributed by atoms with Crippen molar-refractivity contribution >= 4 is 5.82 Å². The zero-order valence-corrected chi connectivity index (χ0v) is 14.3. The highest BCUT2D eigenvalue weighted by Gasteiger charge is 2.39. The SMILES string of the molecule is COC1CCC2OCCN(c3nc(C)nc4c3CCCC4)C2C1. The minimum Gasteiger partial charge on any atom is -0.381 e. The minimum atomic E-state index is 0.324. The van der Waals surface area contributed by atoms with Crippen molar-refractivity contribution in [2.45, 2.75) is 70.1 Å². The number of anilines is 1. The summed E-state index contributed by atoms with van der Waals surface area (Å²) in [6.07, 6.45) is 8.63. The highest BCUT2D eigenvalue weighted by atomic mass is 16.5. The van der Waals surface area contributed by atoms with E-state index in [0.29, 0.717) is 18.2 Å². The van der Waals surface area contributed by atoms with Crippen LogP contribution < -0.4 is 4.90 Å². The third kappa shape index (κ3) is 2.85. The molecule has 0 bridgehead atoms. The minimum absolute atomic E-state index is 0.324. The molecule has 4 rings (SSSR count). The molecule has 0 N–H and O–H groups in total. The van der Waals surface area contributed by atoms with Gasteiger partial charge in [0.25, 0.3) is 0 Å². The van der Waals surface area contributed by atoms with Gasteiger partial charge < -0.3 is 14.4 Å². The fourth-order valence-electron chi connectivity index (χ4n) is 4.48. The van der Waals surface area contributed by atoms with Crippen molar-refractivity contribution in [3.8, 4) is 0 Å². The average molecular weight is 317 g/mol. The molecule has 1 saturated carbocycles. The number of morpholine rings is 1. The van der Waals surface area contributed by atoms with Crippen molar-refractivity contribution in [3.05, 3.63) is 17.1 Å². The first-order valence-electron chi connectivity index (χ1n) is 9.03. The molecule has 1 aromatic heterocycles. The number of methoxy groups -OCH3 is 1. The van der Waals surface area contributed by atoms with Crippen molar-refractivity contribution in [1.29, 1.82) is 0 Å². The second-order valence-corrected chi connectivity index (χ2v) is 7.07. The van der Waals surface area contributed by atoms with Crippen LogP contribution in [0, 0.1) is 6.92 Å². The molecule has 23 heavy (non-hydrogen) atoms. The van der Waals surface area contributed by atoms with Gasteiger partial charge in [0.05, 0.1) is 24.9 Å². The van der Waals surface area contributed by atoms with E-state index in [-0.39, 0.29) is 0 Å². The summed E-state index contributed by atoms with van der Waals surface area (Å²) < 4.78 is 11.7. The molecule has 2 fully saturated rings. The highest BCUT2D eigenvalue weighted by Crippen LogP contribution is 2.36. The lowest BCUT2D eigenvalue weighted by Gasteiger charge is -2.47. The molecular formula is C18H27N3O2. The molecule has 3 atom stereocenters. The van der Waals surface area contributed by atoms with Crippen LogP contribution in [0.3, 0.4) is 0 Å². The summed E-state index contributed by atoms with van der Waals surface area (Å²) >= 11 is 0. The van der Waals surface area contributed by atoms with Gasteiger partial charge in [-0.2, -0.15) is 0 Å². The number of hydrogen-bond acceptors (Lipinski definition) is 5. The van der Waals surface area contributed by atoms with Crippen LogP contribution in [0.2, 0.25) is 0 Å². The lowest BCUT2D eigenvalue weighted by molar-refractivity contribution is -0.0474. The summed E-state index contributed by atoms with van der Waals surface area (Å²) in [5.41, 5.74) is 2.67. The number of nitrogens with zero attached hydrogens (tertiary/aromatic N) is 3. The van der Waals surface area contributed by atoms with Crippen molar-refractivity contribution in [1.82, 2.24) is 9.97 Å². The van der Waals surface area contributed by atoms with Crippen LogP contribution in [0.1, 0.15) is 49.2 Å². The van der Waals surface area contributed by atoms with Crippen LogP contribution >= 0.6 is 0 Å². The topological polar surface area (TPSA) is 47.5 Å². The summed E-state index contributed by atoms with van der Waals surface area (Å²) in [6.45, 7) is 3.76. The molecule has 3 unspecified atom stereocenters. The summed E-state index contributed by atoms with van der Waals surface area (Å²) in [4.78, 5) is 12.1. The van der Waals surface area contributed by atoms with Gasteiger partial charge in [0.2, 0.25) is 0 Å². The van der Waals surface area contributed by atoms with E-state index < -0.39 is 0 Å². The molecule has 0 radical (unpaired) electrons. The zero-order chi connectivity index (χ0) is 15.8. The van der Waals surface area contributed by atoms with Crippen molar-refractivity contribution in [2.75, 3.05) is 25.2 Å². The first kappa shape index (κ1) is 15.3. The summed E-state index contributed by atoms with van der Waals surface area (Å²) in [5.74, 6) is 2.09. The van der Waals surface area contributed by atoms with Crippen LogP contribution in [0.15, 0.2) is 0 Å². The molecular weight excluding hydrogens is 290 g/mol. The quantitative estimate of drug-likeness (QED) is 0.838. The molecule has 0 aromatic carbocycles. The van der Waals surface area contributed by atoms with Crippen molar-refractivity contribution in [3.63, 3.8) is 0 Å². The number of aromatic nitrogens is 2. The molecule has 0 spiro atoms. The number of aryl methyl sites for hydroxylation is 2. The van der Waals surface area contributed by atoms with E-state index in [2.05, 4.69) is 4.90 Å². The molecule has 126 valence electrons. The number of ether oxygens (including phenoxy) is 2. The Kier molecular flexibility index (Phi) is 4.24. The van der Waals surface area contributed by atoms with Crippen LogP contribution in [0.25, 0.3) is 0 Å². The Morgan fingerprint density at radius 3 is 2.91 bits per heavy atom. The summed E-state index contributed by atoms with van der Waals surface area (Å²) in [6, 6.07) is 0.391. The third-order valence-corrected chi connectivity index (χ3v) is 5.65. The molecule has 5 nitrogen and oxygen atoms in total. The van der Waals surface area contributed by atoms with Crippen molar-refractivity contribution in [2.24, 2.45) is 0 Å². The van der Waals surface area contributed by atoms with Crippen LogP contribution in [0.5, 0.6) is 0 Å². The van der Waals surface area contributed by atoms with Gasteiger partial charge in [0.1, 0.15) is 11.6 Å². The molecule has 3 aliphatic rings. The second-order valence-electron chi connectivity index (χ2n) is 7.07. The average Bonchev–Trinajstić information content (AvgIpc) is 2.60. The summed E-state index contributed by atoms with van der Waals surface area (Å²) in [5, 5.41) is 0. The third-order valence-electron chi connectivity index (χ3n) is 5.65. The normalized spacial score (nSPS) is 30.7. The Morgan fingerprint density at radius 1 is 1.17 bits per heavy atom. The maximum Gasteiger partial charge on any atom is 0.136 e. The molecule has 2 aliphatic carbocycles. The van der Waals surface area contributed by atoms with Gasteiger partial charge in [-0.15, -0.1) is 0 Å². The monoisotopic (exact) mass is 317 g/mol.